The van der Waals surface area contributed by atoms with Gasteiger partial charge in [0.05, 0.1) is 17.5 Å². The summed E-state index contributed by atoms with van der Waals surface area (Å²) in [4.78, 5) is 26.4. The number of ether oxygens (including phenoxy) is 2. The lowest BCUT2D eigenvalue weighted by Crippen LogP contribution is -2.42. The number of urea groups is 1. The van der Waals surface area contributed by atoms with Crippen molar-refractivity contribution in [3.8, 4) is 5.75 Å². The number of nitrogens with one attached hydrogen (secondary N) is 1. The zero-order chi connectivity index (χ0) is 19.9. The normalized spacial score (nSPS) is 14.4. The lowest BCUT2D eigenvalue weighted by molar-refractivity contribution is -0.151. The van der Waals surface area contributed by atoms with E-state index >= 15 is 0 Å². The van der Waals surface area contributed by atoms with Crippen LogP contribution in [-0.4, -0.2) is 37.1 Å². The molecule has 148 valence electrons. The second-order valence-electron chi connectivity index (χ2n) is 6.63. The van der Waals surface area contributed by atoms with Crippen molar-refractivity contribution < 1.29 is 19.1 Å². The maximum absolute atomic E-state index is 12.4. The zero-order valence-corrected chi connectivity index (χ0v) is 17.3. The van der Waals surface area contributed by atoms with Crippen molar-refractivity contribution in [1.29, 1.82) is 0 Å². The third-order valence-electron chi connectivity index (χ3n) is 4.74. The molecule has 6 nitrogen and oxygen atoms in total. The minimum atomic E-state index is -0.213. The highest BCUT2D eigenvalue weighted by Gasteiger charge is 2.28. The first-order valence-electron chi connectivity index (χ1n) is 9.17. The van der Waals surface area contributed by atoms with E-state index in [1.165, 1.54) is 0 Å². The van der Waals surface area contributed by atoms with Crippen molar-refractivity contribution in [2.24, 2.45) is 5.92 Å². The molecule has 0 radical (unpaired) electrons. The summed E-state index contributed by atoms with van der Waals surface area (Å²) < 4.78 is 11.5. The van der Waals surface area contributed by atoms with Gasteiger partial charge in [-0.3, -0.25) is 4.79 Å². The van der Waals surface area contributed by atoms with E-state index in [0.29, 0.717) is 25.9 Å². The fraction of sp³-hybridized carbons (Fsp3) is 0.333. The third kappa shape index (κ3) is 5.25. The van der Waals surface area contributed by atoms with Gasteiger partial charge in [0.15, 0.2) is 0 Å². The SMILES string of the molecule is COc1ccc(COC(=O)C2CCN(C(=O)Nc3ccccc3)CC2)cc1Br. The number of hydrogen-bond acceptors (Lipinski definition) is 4. The number of halogens is 1. The molecule has 1 saturated heterocycles. The van der Waals surface area contributed by atoms with E-state index in [-0.39, 0.29) is 24.5 Å². The van der Waals surface area contributed by atoms with Gasteiger partial charge in [0, 0.05) is 18.8 Å². The molecule has 1 heterocycles. The molecule has 28 heavy (non-hydrogen) atoms. The van der Waals surface area contributed by atoms with Crippen molar-refractivity contribution in [3.05, 3.63) is 58.6 Å². The molecule has 0 aromatic heterocycles. The minimum absolute atomic E-state index is 0.138. The summed E-state index contributed by atoms with van der Waals surface area (Å²) in [6, 6.07) is 14.8. The molecule has 1 fully saturated rings. The highest BCUT2D eigenvalue weighted by molar-refractivity contribution is 9.10. The summed E-state index contributed by atoms with van der Waals surface area (Å²) in [5.41, 5.74) is 1.65. The van der Waals surface area contributed by atoms with Crippen LogP contribution in [0.2, 0.25) is 0 Å². The molecule has 1 aliphatic heterocycles. The zero-order valence-electron chi connectivity index (χ0n) is 15.7. The minimum Gasteiger partial charge on any atom is -0.496 e. The van der Waals surface area contributed by atoms with Crippen molar-refractivity contribution in [3.63, 3.8) is 0 Å². The van der Waals surface area contributed by atoms with Crippen LogP contribution < -0.4 is 10.1 Å². The highest BCUT2D eigenvalue weighted by Crippen LogP contribution is 2.26. The second kappa shape index (κ2) is 9.59. The van der Waals surface area contributed by atoms with Crippen LogP contribution in [0.5, 0.6) is 5.75 Å². The number of benzene rings is 2. The van der Waals surface area contributed by atoms with Crippen LogP contribution in [0, 0.1) is 5.92 Å². The van der Waals surface area contributed by atoms with E-state index in [1.54, 1.807) is 12.0 Å². The summed E-state index contributed by atoms with van der Waals surface area (Å²) in [5.74, 6) is 0.341. The molecule has 0 atom stereocenters. The Morgan fingerprint density at radius 1 is 1.14 bits per heavy atom. The molecule has 2 aromatic rings. The van der Waals surface area contributed by atoms with E-state index in [4.69, 9.17) is 9.47 Å². The molecule has 3 rings (SSSR count). The van der Waals surface area contributed by atoms with Gasteiger partial charge in [0.1, 0.15) is 12.4 Å². The summed E-state index contributed by atoms with van der Waals surface area (Å²) in [6.45, 7) is 1.29. The van der Waals surface area contributed by atoms with E-state index in [9.17, 15) is 9.59 Å². The molecule has 0 unspecified atom stereocenters. The predicted molar refractivity (Wildman–Crippen MR) is 110 cm³/mol. The Bertz CT molecular complexity index is 820. The van der Waals surface area contributed by atoms with Gasteiger partial charge < -0.3 is 19.7 Å². The smallest absolute Gasteiger partial charge is 0.321 e. The number of carbonyl (C=O) groups excluding carboxylic acids is 2. The number of para-hydroxylation sites is 1. The lowest BCUT2D eigenvalue weighted by Gasteiger charge is -2.31. The molecule has 7 heteroatoms. The number of likely N-dealkylation sites (tertiary alicyclic amines) is 1. The maximum atomic E-state index is 12.4. The van der Waals surface area contributed by atoms with Gasteiger partial charge >= 0.3 is 12.0 Å². The second-order valence-corrected chi connectivity index (χ2v) is 7.49. The molecule has 1 aliphatic rings. The van der Waals surface area contributed by atoms with Crippen LogP contribution in [0.15, 0.2) is 53.0 Å². The van der Waals surface area contributed by atoms with E-state index in [0.717, 1.165) is 21.5 Å². The summed E-state index contributed by atoms with van der Waals surface area (Å²) in [6.07, 6.45) is 1.21. The molecule has 0 spiro atoms. The van der Waals surface area contributed by atoms with Gasteiger partial charge in [-0.1, -0.05) is 24.3 Å². The standard InChI is InChI=1S/C21H23BrN2O4/c1-27-19-8-7-15(13-18(19)22)14-28-20(25)16-9-11-24(12-10-16)21(26)23-17-5-3-2-4-6-17/h2-8,13,16H,9-12,14H2,1H3,(H,23,26). The quantitative estimate of drug-likeness (QED) is 0.688. The van der Waals surface area contributed by atoms with Crippen LogP contribution in [0.4, 0.5) is 10.5 Å². The Balaban J connectivity index is 1.44. The summed E-state index contributed by atoms with van der Waals surface area (Å²) >= 11 is 3.43. The fourth-order valence-corrected chi connectivity index (χ4v) is 3.70. The fourth-order valence-electron chi connectivity index (χ4n) is 3.11. The molecular weight excluding hydrogens is 424 g/mol. The molecule has 2 aromatic carbocycles. The first-order valence-corrected chi connectivity index (χ1v) is 9.96. The average Bonchev–Trinajstić information content (AvgIpc) is 2.73. The number of hydrogen-bond donors (Lipinski definition) is 1. The number of anilines is 1. The molecule has 1 N–H and O–H groups in total. The number of piperidine rings is 1. The van der Waals surface area contributed by atoms with Gasteiger partial charge in [0.25, 0.3) is 0 Å². The molecular formula is C21H23BrN2O4. The van der Waals surface area contributed by atoms with Crippen molar-refractivity contribution in [2.45, 2.75) is 19.4 Å². The van der Waals surface area contributed by atoms with Gasteiger partial charge in [0.2, 0.25) is 0 Å². The first kappa shape index (κ1) is 20.2. The Kier molecular flexibility index (Phi) is 6.92. The summed E-state index contributed by atoms with van der Waals surface area (Å²) in [7, 11) is 1.60. The summed E-state index contributed by atoms with van der Waals surface area (Å²) in [5, 5.41) is 2.87. The van der Waals surface area contributed by atoms with Crippen molar-refractivity contribution in [2.75, 3.05) is 25.5 Å². The monoisotopic (exact) mass is 446 g/mol. The Morgan fingerprint density at radius 2 is 1.86 bits per heavy atom. The van der Waals surface area contributed by atoms with Gasteiger partial charge in [-0.2, -0.15) is 0 Å². The topological polar surface area (TPSA) is 67.9 Å². The number of nitrogens with zero attached hydrogens (tertiary/aromatic N) is 1. The van der Waals surface area contributed by atoms with E-state index in [1.807, 2.05) is 48.5 Å². The number of amides is 2. The molecule has 0 saturated carbocycles. The number of carbonyl (C=O) groups is 2. The lowest BCUT2D eigenvalue weighted by atomic mass is 9.97. The van der Waals surface area contributed by atoms with Crippen LogP contribution in [0.1, 0.15) is 18.4 Å². The van der Waals surface area contributed by atoms with Crippen LogP contribution in [0.25, 0.3) is 0 Å². The van der Waals surface area contributed by atoms with E-state index < -0.39 is 0 Å². The first-order chi connectivity index (χ1) is 13.6. The Hall–Kier alpha value is -2.54. The van der Waals surface area contributed by atoms with Gasteiger partial charge in [-0.15, -0.1) is 0 Å². The molecule has 2 amide bonds. The van der Waals surface area contributed by atoms with Crippen LogP contribution in [0.3, 0.4) is 0 Å². The molecule has 0 aliphatic carbocycles. The van der Waals surface area contributed by atoms with Crippen molar-refractivity contribution in [1.82, 2.24) is 4.90 Å². The third-order valence-corrected chi connectivity index (χ3v) is 5.36. The Labute approximate surface area is 172 Å². The molecule has 0 bridgehead atoms. The Morgan fingerprint density at radius 3 is 2.50 bits per heavy atom. The average molecular weight is 447 g/mol. The largest absolute Gasteiger partial charge is 0.496 e. The van der Waals surface area contributed by atoms with Gasteiger partial charge in [-0.25, -0.2) is 4.79 Å². The highest BCUT2D eigenvalue weighted by atomic mass is 79.9. The number of methoxy groups -OCH3 is 1. The number of esters is 1. The van der Waals surface area contributed by atoms with E-state index in [2.05, 4.69) is 21.2 Å². The van der Waals surface area contributed by atoms with Crippen molar-refractivity contribution >= 4 is 33.6 Å². The maximum Gasteiger partial charge on any atom is 0.321 e. The van der Waals surface area contributed by atoms with Crippen LogP contribution in [-0.2, 0) is 16.1 Å². The van der Waals surface area contributed by atoms with Crippen LogP contribution >= 0.6 is 15.9 Å². The van der Waals surface area contributed by atoms with Gasteiger partial charge in [-0.05, 0) is 58.6 Å². The predicted octanol–water partition coefficient (Wildman–Crippen LogP) is 4.45. The number of rotatable bonds is 5.